The van der Waals surface area contributed by atoms with Crippen molar-refractivity contribution >= 4 is 0 Å². The van der Waals surface area contributed by atoms with E-state index in [1.54, 1.807) is 0 Å². The van der Waals surface area contributed by atoms with Crippen LogP contribution in [0.2, 0.25) is 0 Å². The van der Waals surface area contributed by atoms with E-state index in [1.807, 2.05) is 12.3 Å². The molecule has 1 aromatic heterocycles. The summed E-state index contributed by atoms with van der Waals surface area (Å²) in [5.41, 5.74) is 10.8. The molecule has 0 bridgehead atoms. The van der Waals surface area contributed by atoms with Crippen LogP contribution in [-0.2, 0) is 0 Å². The number of fused-ring (bicyclic) bond motifs is 3. The molecule has 0 fully saturated rings. The Morgan fingerprint density at radius 3 is 2.75 bits per heavy atom. The van der Waals surface area contributed by atoms with Crippen molar-refractivity contribution in [2.75, 3.05) is 6.54 Å². The van der Waals surface area contributed by atoms with Crippen molar-refractivity contribution in [1.82, 2.24) is 4.98 Å². The van der Waals surface area contributed by atoms with Gasteiger partial charge in [-0.3, -0.25) is 4.98 Å². The van der Waals surface area contributed by atoms with Crippen LogP contribution in [0.4, 0.5) is 0 Å². The fraction of sp³-hybridized carbons (Fsp3) is 0.214. The molecule has 0 spiro atoms. The summed E-state index contributed by atoms with van der Waals surface area (Å²) >= 11 is 0. The highest BCUT2D eigenvalue weighted by Gasteiger charge is 2.28. The van der Waals surface area contributed by atoms with Gasteiger partial charge in [-0.15, -0.1) is 0 Å². The monoisotopic (exact) mass is 210 g/mol. The van der Waals surface area contributed by atoms with Gasteiger partial charge in [-0.2, -0.15) is 0 Å². The largest absolute Gasteiger partial charge is 0.330 e. The van der Waals surface area contributed by atoms with Crippen LogP contribution in [0.25, 0.3) is 11.3 Å². The third-order valence-corrected chi connectivity index (χ3v) is 3.26. The molecule has 1 aliphatic rings. The molecule has 1 atom stereocenters. The van der Waals surface area contributed by atoms with Crippen LogP contribution in [0.5, 0.6) is 0 Å². The smallest absolute Gasteiger partial charge is 0.0743 e. The predicted molar refractivity (Wildman–Crippen MR) is 65.2 cm³/mol. The lowest BCUT2D eigenvalue weighted by Gasteiger charge is -2.11. The van der Waals surface area contributed by atoms with E-state index < -0.39 is 0 Å². The molecule has 2 N–H and O–H groups in total. The van der Waals surface area contributed by atoms with Crippen molar-refractivity contribution in [2.45, 2.75) is 12.3 Å². The number of hydrogen-bond acceptors (Lipinski definition) is 2. The minimum atomic E-state index is 0.435. The maximum Gasteiger partial charge on any atom is 0.0743 e. The summed E-state index contributed by atoms with van der Waals surface area (Å²) in [6.07, 6.45) is 2.86. The zero-order valence-corrected chi connectivity index (χ0v) is 9.06. The molecular weight excluding hydrogens is 196 g/mol. The molecule has 80 valence electrons. The van der Waals surface area contributed by atoms with Crippen molar-refractivity contribution < 1.29 is 0 Å². The summed E-state index contributed by atoms with van der Waals surface area (Å²) in [7, 11) is 0. The highest BCUT2D eigenvalue weighted by molar-refractivity contribution is 5.75. The summed E-state index contributed by atoms with van der Waals surface area (Å²) in [6, 6.07) is 12.7. The molecule has 0 saturated carbocycles. The van der Waals surface area contributed by atoms with E-state index in [1.165, 1.54) is 16.7 Å². The number of rotatable bonds is 2. The SMILES string of the molecule is NCCC1c2ccccc2-c2ncccc21. The molecule has 1 unspecified atom stereocenters. The van der Waals surface area contributed by atoms with Crippen molar-refractivity contribution in [3.8, 4) is 11.3 Å². The van der Waals surface area contributed by atoms with Gasteiger partial charge in [0.25, 0.3) is 0 Å². The normalized spacial score (nSPS) is 16.9. The van der Waals surface area contributed by atoms with E-state index in [-0.39, 0.29) is 0 Å². The molecule has 1 aromatic carbocycles. The molecule has 1 heterocycles. The van der Waals surface area contributed by atoms with Gasteiger partial charge in [0.1, 0.15) is 0 Å². The Morgan fingerprint density at radius 2 is 1.88 bits per heavy atom. The van der Waals surface area contributed by atoms with E-state index in [2.05, 4.69) is 35.3 Å². The molecule has 2 nitrogen and oxygen atoms in total. The first kappa shape index (κ1) is 9.55. The second-order valence-electron chi connectivity index (χ2n) is 4.16. The zero-order valence-electron chi connectivity index (χ0n) is 9.06. The number of nitrogens with two attached hydrogens (primary N) is 1. The molecule has 2 aromatic rings. The lowest BCUT2D eigenvalue weighted by Crippen LogP contribution is -2.06. The Bertz CT molecular complexity index is 474. The fourth-order valence-electron chi connectivity index (χ4n) is 2.59. The van der Waals surface area contributed by atoms with Gasteiger partial charge >= 0.3 is 0 Å². The van der Waals surface area contributed by atoms with Crippen LogP contribution in [0.1, 0.15) is 23.5 Å². The van der Waals surface area contributed by atoms with E-state index in [4.69, 9.17) is 5.73 Å². The maximum absolute atomic E-state index is 5.70. The van der Waals surface area contributed by atoms with Gasteiger partial charge in [0, 0.05) is 17.7 Å². The number of benzene rings is 1. The van der Waals surface area contributed by atoms with Gasteiger partial charge < -0.3 is 5.73 Å². The van der Waals surface area contributed by atoms with Gasteiger partial charge in [0.2, 0.25) is 0 Å². The Labute approximate surface area is 95.1 Å². The third-order valence-electron chi connectivity index (χ3n) is 3.26. The van der Waals surface area contributed by atoms with E-state index >= 15 is 0 Å². The van der Waals surface area contributed by atoms with E-state index in [0.29, 0.717) is 12.5 Å². The molecule has 1 aliphatic carbocycles. The first-order chi connectivity index (χ1) is 7.92. The van der Waals surface area contributed by atoms with Crippen molar-refractivity contribution in [1.29, 1.82) is 0 Å². The van der Waals surface area contributed by atoms with Crippen LogP contribution >= 0.6 is 0 Å². The fourth-order valence-corrected chi connectivity index (χ4v) is 2.59. The van der Waals surface area contributed by atoms with Crippen LogP contribution < -0.4 is 5.73 Å². The minimum Gasteiger partial charge on any atom is -0.330 e. The molecule has 2 heteroatoms. The Kier molecular flexibility index (Phi) is 2.22. The Hall–Kier alpha value is -1.67. The highest BCUT2D eigenvalue weighted by Crippen LogP contribution is 2.44. The van der Waals surface area contributed by atoms with Crippen LogP contribution in [0.15, 0.2) is 42.6 Å². The second-order valence-corrected chi connectivity index (χ2v) is 4.16. The number of pyridine rings is 1. The molecule has 0 saturated heterocycles. The molecule has 0 aliphatic heterocycles. The quantitative estimate of drug-likeness (QED) is 0.827. The second kappa shape index (κ2) is 3.72. The van der Waals surface area contributed by atoms with Gasteiger partial charge in [0.05, 0.1) is 5.69 Å². The molecular formula is C14H14N2. The van der Waals surface area contributed by atoms with Gasteiger partial charge in [0.15, 0.2) is 0 Å². The van der Waals surface area contributed by atoms with Gasteiger partial charge in [-0.1, -0.05) is 30.3 Å². The Morgan fingerprint density at radius 1 is 1.06 bits per heavy atom. The first-order valence-electron chi connectivity index (χ1n) is 5.66. The van der Waals surface area contributed by atoms with Crippen molar-refractivity contribution in [2.24, 2.45) is 5.73 Å². The number of hydrogen-bond donors (Lipinski definition) is 1. The summed E-state index contributed by atoms with van der Waals surface area (Å²) in [6.45, 7) is 0.716. The van der Waals surface area contributed by atoms with Crippen LogP contribution in [-0.4, -0.2) is 11.5 Å². The van der Waals surface area contributed by atoms with E-state index in [0.717, 1.165) is 12.1 Å². The first-order valence-corrected chi connectivity index (χ1v) is 5.66. The highest BCUT2D eigenvalue weighted by atomic mass is 14.7. The lowest BCUT2D eigenvalue weighted by atomic mass is 9.94. The van der Waals surface area contributed by atoms with E-state index in [9.17, 15) is 0 Å². The molecule has 0 radical (unpaired) electrons. The van der Waals surface area contributed by atoms with Crippen LogP contribution in [0, 0.1) is 0 Å². The van der Waals surface area contributed by atoms with Crippen molar-refractivity contribution in [3.05, 3.63) is 53.7 Å². The van der Waals surface area contributed by atoms with Crippen molar-refractivity contribution in [3.63, 3.8) is 0 Å². The number of aromatic nitrogens is 1. The average Bonchev–Trinajstić information content (AvgIpc) is 2.66. The number of nitrogens with zero attached hydrogens (tertiary/aromatic N) is 1. The molecule has 16 heavy (non-hydrogen) atoms. The lowest BCUT2D eigenvalue weighted by molar-refractivity contribution is 0.740. The van der Waals surface area contributed by atoms with Gasteiger partial charge in [-0.05, 0) is 30.2 Å². The predicted octanol–water partition coefficient (Wildman–Crippen LogP) is 2.54. The zero-order chi connectivity index (χ0) is 11.0. The van der Waals surface area contributed by atoms with Crippen LogP contribution in [0.3, 0.4) is 0 Å². The molecule has 3 rings (SSSR count). The average molecular weight is 210 g/mol. The topological polar surface area (TPSA) is 38.9 Å². The summed E-state index contributed by atoms with van der Waals surface area (Å²) < 4.78 is 0. The molecule has 0 amide bonds. The third kappa shape index (κ3) is 1.27. The Balaban J connectivity index is 2.21. The summed E-state index contributed by atoms with van der Waals surface area (Å²) in [5.74, 6) is 0.435. The minimum absolute atomic E-state index is 0.435. The maximum atomic E-state index is 5.70. The standard InChI is InChI=1S/C14H14N2/c15-8-7-11-10-4-1-2-5-12(10)14-13(11)6-3-9-16-14/h1-6,9,11H,7-8,15H2. The summed E-state index contributed by atoms with van der Waals surface area (Å²) in [4.78, 5) is 4.49. The van der Waals surface area contributed by atoms with Gasteiger partial charge in [-0.25, -0.2) is 0 Å². The summed E-state index contributed by atoms with van der Waals surface area (Å²) in [5, 5.41) is 0.